The molecule has 29 heavy (non-hydrogen) atoms. The first kappa shape index (κ1) is 22.3. The fourth-order valence-electron chi connectivity index (χ4n) is 3.46. The lowest BCUT2D eigenvalue weighted by Crippen LogP contribution is -2.38. The maximum Gasteiger partial charge on any atom is 0.327 e. The number of hydrogen-bond acceptors (Lipinski definition) is 7. The summed E-state index contributed by atoms with van der Waals surface area (Å²) in [6.45, 7) is 0.365. The Balaban J connectivity index is 2.07. The summed E-state index contributed by atoms with van der Waals surface area (Å²) in [4.78, 5) is 35.6. The Morgan fingerprint density at radius 1 is 1.03 bits per heavy atom. The van der Waals surface area contributed by atoms with Crippen LogP contribution in [0.2, 0.25) is 0 Å². The predicted molar refractivity (Wildman–Crippen MR) is 105 cm³/mol. The smallest absolute Gasteiger partial charge is 0.327 e. The van der Waals surface area contributed by atoms with Gasteiger partial charge in [0.15, 0.2) is 5.75 Å². The third-order valence-electron chi connectivity index (χ3n) is 4.92. The summed E-state index contributed by atoms with van der Waals surface area (Å²) < 4.78 is 15.4. The average Bonchev–Trinajstić information content (AvgIpc) is 2.74. The molecular formula is C19H27N3O7. The normalized spacial score (nSPS) is 14.0. The van der Waals surface area contributed by atoms with Crippen LogP contribution in [-0.4, -0.2) is 51.2 Å². The molecule has 160 valence electrons. The molecule has 1 aromatic rings. The topological polar surface area (TPSA) is 129 Å². The van der Waals surface area contributed by atoms with Gasteiger partial charge < -0.3 is 24.8 Å². The Labute approximate surface area is 169 Å². The number of methoxy groups -OCH3 is 3. The minimum absolute atomic E-state index is 0.0160. The number of carbonyl (C=O) groups is 2. The molecule has 2 amide bonds. The fourth-order valence-corrected chi connectivity index (χ4v) is 3.46. The molecule has 2 rings (SSSR count). The second-order valence-electron chi connectivity index (χ2n) is 6.68. The van der Waals surface area contributed by atoms with Crippen molar-refractivity contribution >= 4 is 17.5 Å². The molecule has 1 fully saturated rings. The zero-order valence-electron chi connectivity index (χ0n) is 16.9. The third kappa shape index (κ3) is 5.27. The number of nitro groups is 1. The zero-order valence-corrected chi connectivity index (χ0v) is 16.9. The summed E-state index contributed by atoms with van der Waals surface area (Å²) in [5.41, 5.74) is -0.739. The van der Waals surface area contributed by atoms with Crippen LogP contribution < -0.4 is 24.8 Å². The highest BCUT2D eigenvalue weighted by Crippen LogP contribution is 2.46. The second-order valence-corrected chi connectivity index (χ2v) is 6.68. The maximum atomic E-state index is 12.6. The average molecular weight is 409 g/mol. The van der Waals surface area contributed by atoms with E-state index in [4.69, 9.17) is 14.2 Å². The van der Waals surface area contributed by atoms with Crippen LogP contribution in [0.15, 0.2) is 6.07 Å². The molecule has 2 N–H and O–H groups in total. The van der Waals surface area contributed by atoms with Gasteiger partial charge in [0.05, 0.1) is 26.3 Å². The summed E-state index contributed by atoms with van der Waals surface area (Å²) in [5, 5.41) is 16.9. The van der Waals surface area contributed by atoms with Crippen LogP contribution in [0.4, 0.5) is 5.69 Å². The van der Waals surface area contributed by atoms with E-state index >= 15 is 0 Å². The first-order valence-corrected chi connectivity index (χ1v) is 9.47. The van der Waals surface area contributed by atoms with Crippen LogP contribution in [0.5, 0.6) is 17.2 Å². The van der Waals surface area contributed by atoms with E-state index in [0.29, 0.717) is 0 Å². The van der Waals surface area contributed by atoms with Gasteiger partial charge >= 0.3 is 5.69 Å². The van der Waals surface area contributed by atoms with Crippen molar-refractivity contribution in [2.75, 3.05) is 34.4 Å². The van der Waals surface area contributed by atoms with Crippen LogP contribution in [-0.2, 0) is 4.79 Å². The molecule has 1 saturated carbocycles. The van der Waals surface area contributed by atoms with Crippen molar-refractivity contribution in [1.29, 1.82) is 0 Å². The summed E-state index contributed by atoms with van der Waals surface area (Å²) in [7, 11) is 3.91. The highest BCUT2D eigenvalue weighted by Gasteiger charge is 2.32. The van der Waals surface area contributed by atoms with Crippen LogP contribution in [0.25, 0.3) is 0 Å². The van der Waals surface area contributed by atoms with Gasteiger partial charge in [-0.15, -0.1) is 0 Å². The largest absolute Gasteiger partial charge is 0.493 e. The highest BCUT2D eigenvalue weighted by molar-refractivity contribution is 6.00. The second kappa shape index (κ2) is 10.5. The molecule has 0 atom stereocenters. The van der Waals surface area contributed by atoms with Crippen molar-refractivity contribution in [3.63, 3.8) is 0 Å². The molecule has 1 aromatic carbocycles. The molecular weight excluding hydrogens is 382 g/mol. The van der Waals surface area contributed by atoms with Gasteiger partial charge in [-0.2, -0.15) is 0 Å². The Hall–Kier alpha value is -3.04. The first-order valence-electron chi connectivity index (χ1n) is 9.47. The summed E-state index contributed by atoms with van der Waals surface area (Å²) in [6, 6.07) is 1.23. The van der Waals surface area contributed by atoms with Gasteiger partial charge in [0.1, 0.15) is 5.56 Å². The molecule has 0 saturated heterocycles. The van der Waals surface area contributed by atoms with E-state index < -0.39 is 16.5 Å². The quantitative estimate of drug-likeness (QED) is 0.363. The van der Waals surface area contributed by atoms with E-state index in [0.717, 1.165) is 32.1 Å². The van der Waals surface area contributed by atoms with E-state index in [2.05, 4.69) is 10.6 Å². The van der Waals surface area contributed by atoms with Crippen molar-refractivity contribution < 1.29 is 28.7 Å². The van der Waals surface area contributed by atoms with Gasteiger partial charge in [-0.1, -0.05) is 19.3 Å². The number of amides is 2. The standard InChI is InChI=1S/C19H27N3O7/c1-27-14-11-13(15(22(25)26)17(29-3)16(14)28-2)19(24)21-10-9-20-18(23)12-7-5-4-6-8-12/h11-12H,4-10H2,1-3H3,(H,20,23)(H,21,24). The fraction of sp³-hybridized carbons (Fsp3) is 0.579. The van der Waals surface area contributed by atoms with Crippen molar-refractivity contribution in [2.45, 2.75) is 32.1 Å². The van der Waals surface area contributed by atoms with Gasteiger partial charge in [0.25, 0.3) is 5.91 Å². The molecule has 0 heterocycles. The number of hydrogen-bond donors (Lipinski definition) is 2. The Kier molecular flexibility index (Phi) is 8.05. The number of nitrogens with one attached hydrogen (secondary N) is 2. The number of nitro benzene ring substituents is 1. The molecule has 0 bridgehead atoms. The molecule has 0 spiro atoms. The van der Waals surface area contributed by atoms with Crippen molar-refractivity contribution in [2.24, 2.45) is 5.92 Å². The molecule has 0 radical (unpaired) electrons. The van der Waals surface area contributed by atoms with Gasteiger partial charge in [0.2, 0.25) is 17.4 Å². The van der Waals surface area contributed by atoms with Crippen molar-refractivity contribution in [3.05, 3.63) is 21.7 Å². The van der Waals surface area contributed by atoms with Gasteiger partial charge in [-0.25, -0.2) is 0 Å². The minimum atomic E-state index is -0.708. The minimum Gasteiger partial charge on any atom is -0.493 e. The van der Waals surface area contributed by atoms with Crippen LogP contribution in [0.3, 0.4) is 0 Å². The highest BCUT2D eigenvalue weighted by atomic mass is 16.6. The third-order valence-corrected chi connectivity index (χ3v) is 4.92. The molecule has 10 nitrogen and oxygen atoms in total. The number of benzene rings is 1. The Morgan fingerprint density at radius 2 is 1.66 bits per heavy atom. The lowest BCUT2D eigenvalue weighted by atomic mass is 9.89. The summed E-state index contributed by atoms with van der Waals surface area (Å²) in [6.07, 6.45) is 5.04. The monoisotopic (exact) mass is 409 g/mol. The van der Waals surface area contributed by atoms with Crippen LogP contribution >= 0.6 is 0 Å². The van der Waals surface area contributed by atoms with E-state index in [1.807, 2.05) is 0 Å². The Bertz CT molecular complexity index is 761. The molecule has 10 heteroatoms. The number of nitrogens with zero attached hydrogens (tertiary/aromatic N) is 1. The van der Waals surface area contributed by atoms with Crippen molar-refractivity contribution in [3.8, 4) is 17.2 Å². The van der Waals surface area contributed by atoms with Crippen LogP contribution in [0.1, 0.15) is 42.5 Å². The SMILES string of the molecule is COc1cc(C(=O)NCCNC(=O)C2CCCCC2)c([N+](=O)[O-])c(OC)c1OC. The van der Waals surface area contributed by atoms with Crippen molar-refractivity contribution in [1.82, 2.24) is 10.6 Å². The molecule has 0 unspecified atom stereocenters. The summed E-state index contributed by atoms with van der Waals surface area (Å²) in [5.74, 6) is -0.715. The zero-order chi connectivity index (χ0) is 21.4. The van der Waals surface area contributed by atoms with E-state index in [1.165, 1.54) is 27.4 Å². The van der Waals surface area contributed by atoms with E-state index in [1.54, 1.807) is 0 Å². The maximum absolute atomic E-state index is 12.6. The molecule has 0 aliphatic heterocycles. The van der Waals surface area contributed by atoms with Gasteiger partial charge in [-0.05, 0) is 12.8 Å². The number of rotatable bonds is 9. The number of ether oxygens (including phenoxy) is 3. The van der Waals surface area contributed by atoms with Crippen LogP contribution in [0, 0.1) is 16.0 Å². The van der Waals surface area contributed by atoms with E-state index in [-0.39, 0.29) is 47.7 Å². The Morgan fingerprint density at radius 3 is 2.21 bits per heavy atom. The van der Waals surface area contributed by atoms with Gasteiger partial charge in [0, 0.05) is 25.1 Å². The lowest BCUT2D eigenvalue weighted by molar-refractivity contribution is -0.386. The number of carbonyl (C=O) groups excluding carboxylic acids is 2. The molecule has 1 aliphatic carbocycles. The lowest BCUT2D eigenvalue weighted by Gasteiger charge is -2.20. The molecule has 0 aromatic heterocycles. The summed E-state index contributed by atoms with van der Waals surface area (Å²) >= 11 is 0. The van der Waals surface area contributed by atoms with E-state index in [9.17, 15) is 19.7 Å². The van der Waals surface area contributed by atoms with Gasteiger partial charge in [-0.3, -0.25) is 19.7 Å². The molecule has 1 aliphatic rings. The predicted octanol–water partition coefficient (Wildman–Crippen LogP) is 2.05. The first-order chi connectivity index (χ1) is 13.9.